The SMILES string of the molecule is CC.CC(C)=O.CCc1ccc(C2=NCc3nnc(C)n3-c3ccc(O)cc32)cc1. The van der Waals surface area contributed by atoms with E-state index in [1.54, 1.807) is 12.1 Å². The van der Waals surface area contributed by atoms with E-state index in [0.717, 1.165) is 40.6 Å². The smallest absolute Gasteiger partial charge is 0.159 e. The summed E-state index contributed by atoms with van der Waals surface area (Å²) in [6.07, 6.45) is 1.00. The van der Waals surface area contributed by atoms with Crippen LogP contribution in [0.15, 0.2) is 47.5 Å². The molecule has 0 aliphatic carbocycles. The van der Waals surface area contributed by atoms with E-state index in [1.807, 2.05) is 31.4 Å². The Morgan fingerprint density at radius 1 is 1.07 bits per heavy atom. The number of carbonyl (C=O) groups excluding carboxylic acids is 1. The first-order valence-corrected chi connectivity index (χ1v) is 10.3. The zero-order valence-corrected chi connectivity index (χ0v) is 18.6. The van der Waals surface area contributed by atoms with Crippen LogP contribution in [0, 0.1) is 6.92 Å². The molecule has 6 nitrogen and oxygen atoms in total. The summed E-state index contributed by atoms with van der Waals surface area (Å²) < 4.78 is 2.01. The molecule has 0 fully saturated rings. The second-order valence-corrected chi connectivity index (χ2v) is 6.82. The van der Waals surface area contributed by atoms with E-state index in [0.29, 0.717) is 6.54 Å². The van der Waals surface area contributed by atoms with Crippen molar-refractivity contribution in [2.24, 2.45) is 4.99 Å². The highest BCUT2D eigenvalue weighted by atomic mass is 16.3. The van der Waals surface area contributed by atoms with Gasteiger partial charge in [0.05, 0.1) is 11.4 Å². The van der Waals surface area contributed by atoms with Crippen LogP contribution in [-0.2, 0) is 17.8 Å². The molecular weight excluding hydrogens is 376 g/mol. The fourth-order valence-corrected chi connectivity index (χ4v) is 3.11. The van der Waals surface area contributed by atoms with Gasteiger partial charge in [-0.2, -0.15) is 0 Å². The molecular formula is C24H30N4O2. The Bertz CT molecular complexity index is 1030. The van der Waals surface area contributed by atoms with Gasteiger partial charge in [0.2, 0.25) is 0 Å². The van der Waals surface area contributed by atoms with Gasteiger partial charge in [0.25, 0.3) is 0 Å². The van der Waals surface area contributed by atoms with Gasteiger partial charge >= 0.3 is 0 Å². The van der Waals surface area contributed by atoms with Gasteiger partial charge in [-0.3, -0.25) is 9.56 Å². The van der Waals surface area contributed by atoms with Crippen LogP contribution >= 0.6 is 0 Å². The molecule has 0 saturated carbocycles. The Morgan fingerprint density at radius 2 is 1.70 bits per heavy atom. The van der Waals surface area contributed by atoms with Gasteiger partial charge in [-0.1, -0.05) is 45.0 Å². The molecule has 158 valence electrons. The number of aromatic hydroxyl groups is 1. The first-order valence-electron chi connectivity index (χ1n) is 10.3. The Hall–Kier alpha value is -3.28. The lowest BCUT2D eigenvalue weighted by Crippen LogP contribution is -2.08. The summed E-state index contributed by atoms with van der Waals surface area (Å²) in [6.45, 7) is 11.6. The van der Waals surface area contributed by atoms with E-state index in [4.69, 9.17) is 4.99 Å². The number of benzene rings is 2. The third-order valence-electron chi connectivity index (χ3n) is 4.38. The van der Waals surface area contributed by atoms with E-state index in [1.165, 1.54) is 19.4 Å². The van der Waals surface area contributed by atoms with Crippen LogP contribution in [0.4, 0.5) is 0 Å². The number of aromatic nitrogens is 3. The number of Topliss-reactive ketones (excluding diaryl/α,β-unsaturated/α-hetero) is 1. The maximum atomic E-state index is 10.00. The van der Waals surface area contributed by atoms with Crippen LogP contribution in [0.25, 0.3) is 5.69 Å². The number of hydrogen-bond donors (Lipinski definition) is 1. The van der Waals surface area contributed by atoms with E-state index in [2.05, 4.69) is 41.4 Å². The van der Waals surface area contributed by atoms with Gasteiger partial charge in [0.15, 0.2) is 5.82 Å². The van der Waals surface area contributed by atoms with Crippen molar-refractivity contribution in [3.05, 3.63) is 70.8 Å². The predicted molar refractivity (Wildman–Crippen MR) is 121 cm³/mol. The summed E-state index contributed by atoms with van der Waals surface area (Å²) in [6, 6.07) is 13.8. The van der Waals surface area contributed by atoms with Gasteiger partial charge in [-0.05, 0) is 51.0 Å². The van der Waals surface area contributed by atoms with E-state index < -0.39 is 0 Å². The van der Waals surface area contributed by atoms with Crippen molar-refractivity contribution in [3.8, 4) is 11.4 Å². The van der Waals surface area contributed by atoms with Gasteiger partial charge in [0.1, 0.15) is 23.9 Å². The number of phenols is 1. The first-order chi connectivity index (χ1) is 14.4. The largest absolute Gasteiger partial charge is 0.508 e. The third kappa shape index (κ3) is 5.20. The lowest BCUT2D eigenvalue weighted by Gasteiger charge is -2.13. The van der Waals surface area contributed by atoms with Crippen LogP contribution < -0.4 is 0 Å². The predicted octanol–water partition coefficient (Wildman–Crippen LogP) is 4.82. The molecule has 0 bridgehead atoms. The minimum absolute atomic E-state index is 0.167. The van der Waals surface area contributed by atoms with E-state index >= 15 is 0 Å². The van der Waals surface area contributed by atoms with Gasteiger partial charge in [0, 0.05) is 11.1 Å². The number of phenolic OH excluding ortho intramolecular Hbond substituents is 1. The number of carbonyl (C=O) groups is 1. The Kier molecular flexibility index (Phi) is 8.04. The monoisotopic (exact) mass is 406 g/mol. The Balaban J connectivity index is 0.000000481. The van der Waals surface area contributed by atoms with Crippen LogP contribution in [0.2, 0.25) is 0 Å². The standard InChI is InChI=1S/C19H18N4O.C3H6O.C2H6/c1-3-13-4-6-14(7-5-13)19-16-10-15(24)8-9-17(16)23-12(2)21-22-18(23)11-20-19;1-3(2)4;1-2/h4-10,24H,3,11H2,1-2H3;1-2H3;1-2H3. The number of aryl methyl sites for hydroxylation is 2. The average molecular weight is 407 g/mol. The van der Waals surface area contributed by atoms with Crippen molar-refractivity contribution in [1.29, 1.82) is 0 Å². The average Bonchev–Trinajstić information content (AvgIpc) is 3.01. The molecule has 1 aromatic heterocycles. The van der Waals surface area contributed by atoms with Crippen molar-refractivity contribution in [2.45, 2.75) is 54.5 Å². The number of aliphatic imine (C=N–C) groups is 1. The van der Waals surface area contributed by atoms with Gasteiger partial charge < -0.3 is 9.90 Å². The van der Waals surface area contributed by atoms with Crippen LogP contribution in [0.5, 0.6) is 5.75 Å². The highest BCUT2D eigenvalue weighted by Crippen LogP contribution is 2.28. The Morgan fingerprint density at radius 3 is 2.30 bits per heavy atom. The molecule has 6 heteroatoms. The molecule has 30 heavy (non-hydrogen) atoms. The summed E-state index contributed by atoms with van der Waals surface area (Å²) in [7, 11) is 0. The zero-order chi connectivity index (χ0) is 22.3. The minimum Gasteiger partial charge on any atom is -0.508 e. The zero-order valence-electron chi connectivity index (χ0n) is 18.6. The molecule has 2 aromatic carbocycles. The Labute approximate surface area is 178 Å². The van der Waals surface area contributed by atoms with Crippen molar-refractivity contribution in [1.82, 2.24) is 14.8 Å². The fourth-order valence-electron chi connectivity index (χ4n) is 3.11. The summed E-state index contributed by atoms with van der Waals surface area (Å²) in [5, 5.41) is 18.4. The van der Waals surface area contributed by atoms with Gasteiger partial charge in [-0.15, -0.1) is 10.2 Å². The molecule has 1 aliphatic heterocycles. The van der Waals surface area contributed by atoms with Crippen LogP contribution in [-0.4, -0.2) is 31.4 Å². The molecule has 4 rings (SSSR count). The summed E-state index contributed by atoms with van der Waals surface area (Å²) in [4.78, 5) is 14.2. The molecule has 3 aromatic rings. The van der Waals surface area contributed by atoms with Crippen molar-refractivity contribution < 1.29 is 9.90 Å². The molecule has 2 heterocycles. The molecule has 0 spiro atoms. The number of fused-ring (bicyclic) bond motifs is 3. The highest BCUT2D eigenvalue weighted by Gasteiger charge is 2.21. The second kappa shape index (κ2) is 10.5. The topological polar surface area (TPSA) is 80.4 Å². The highest BCUT2D eigenvalue weighted by molar-refractivity contribution is 6.15. The molecule has 0 amide bonds. The molecule has 1 N–H and O–H groups in total. The van der Waals surface area contributed by atoms with Crippen molar-refractivity contribution >= 4 is 11.5 Å². The summed E-state index contributed by atoms with van der Waals surface area (Å²) in [5.41, 5.74) is 5.03. The van der Waals surface area contributed by atoms with E-state index in [-0.39, 0.29) is 11.5 Å². The number of nitrogens with zero attached hydrogens (tertiary/aromatic N) is 4. The normalized spacial score (nSPS) is 11.5. The number of ketones is 1. The molecule has 0 atom stereocenters. The minimum atomic E-state index is 0.167. The van der Waals surface area contributed by atoms with Gasteiger partial charge in [-0.25, -0.2) is 0 Å². The molecule has 0 unspecified atom stereocenters. The lowest BCUT2D eigenvalue weighted by molar-refractivity contribution is -0.114. The maximum absolute atomic E-state index is 10.00. The lowest BCUT2D eigenvalue weighted by atomic mass is 9.98. The van der Waals surface area contributed by atoms with Crippen LogP contribution in [0.1, 0.15) is 63.0 Å². The second-order valence-electron chi connectivity index (χ2n) is 6.82. The number of hydrogen-bond acceptors (Lipinski definition) is 5. The fraction of sp³-hybridized carbons (Fsp3) is 0.333. The van der Waals surface area contributed by atoms with Crippen molar-refractivity contribution in [2.75, 3.05) is 0 Å². The maximum Gasteiger partial charge on any atom is 0.159 e. The van der Waals surface area contributed by atoms with E-state index in [9.17, 15) is 9.90 Å². The summed E-state index contributed by atoms with van der Waals surface area (Å²) in [5.74, 6) is 2.01. The molecule has 0 saturated heterocycles. The molecule has 1 aliphatic rings. The van der Waals surface area contributed by atoms with Crippen LogP contribution in [0.3, 0.4) is 0 Å². The first kappa shape index (κ1) is 23.0. The quantitative estimate of drug-likeness (QED) is 0.662. The summed E-state index contributed by atoms with van der Waals surface area (Å²) >= 11 is 0. The van der Waals surface area contributed by atoms with Crippen molar-refractivity contribution in [3.63, 3.8) is 0 Å². The molecule has 0 radical (unpaired) electrons. The number of rotatable bonds is 2. The third-order valence-corrected chi connectivity index (χ3v) is 4.38.